The second-order valence-electron chi connectivity index (χ2n) is 13.2. The molecule has 1 aliphatic carbocycles. The Morgan fingerprint density at radius 1 is 0.250 bits per heavy atom. The van der Waals surface area contributed by atoms with Crippen molar-refractivity contribution in [1.82, 2.24) is 15.0 Å². The van der Waals surface area contributed by atoms with E-state index in [1.165, 1.54) is 55.3 Å². The third kappa shape index (κ3) is 5.19. The Labute approximate surface area is 302 Å². The van der Waals surface area contributed by atoms with E-state index in [2.05, 4.69) is 127 Å². The van der Waals surface area contributed by atoms with E-state index in [0.29, 0.717) is 17.5 Å². The Morgan fingerprint density at radius 2 is 0.654 bits per heavy atom. The van der Waals surface area contributed by atoms with Crippen LogP contribution in [0.15, 0.2) is 188 Å². The minimum absolute atomic E-state index is 0.651. The number of hydrogen-bond acceptors (Lipinski definition) is 3. The summed E-state index contributed by atoms with van der Waals surface area (Å²) in [5.74, 6) is 1.97. The molecule has 0 N–H and O–H groups in total. The van der Waals surface area contributed by atoms with E-state index in [9.17, 15) is 0 Å². The highest BCUT2D eigenvalue weighted by molar-refractivity contribution is 6.18. The molecule has 0 atom stereocenters. The van der Waals surface area contributed by atoms with E-state index in [4.69, 9.17) is 15.0 Å². The average molecular weight is 662 g/mol. The van der Waals surface area contributed by atoms with Crippen molar-refractivity contribution in [3.05, 3.63) is 188 Å². The lowest BCUT2D eigenvalue weighted by Crippen LogP contribution is -2.00. The van der Waals surface area contributed by atoms with Crippen LogP contribution in [0, 0.1) is 0 Å². The molecular formula is C49H31N3. The number of fused-ring (bicyclic) bond motifs is 3. The Hall–Kier alpha value is -6.97. The third-order valence-corrected chi connectivity index (χ3v) is 10.1. The number of rotatable bonds is 6. The molecule has 0 amide bonds. The second kappa shape index (κ2) is 12.4. The zero-order chi connectivity index (χ0) is 34.4. The van der Waals surface area contributed by atoms with Gasteiger partial charge in [0.25, 0.3) is 0 Å². The molecule has 3 heteroatoms. The van der Waals surface area contributed by atoms with E-state index in [1.807, 2.05) is 60.7 Å². The summed E-state index contributed by atoms with van der Waals surface area (Å²) >= 11 is 0. The van der Waals surface area contributed by atoms with Gasteiger partial charge in [-0.15, -0.1) is 0 Å². The summed E-state index contributed by atoms with van der Waals surface area (Å²) in [4.78, 5) is 14.6. The average Bonchev–Trinajstić information content (AvgIpc) is 3.56. The van der Waals surface area contributed by atoms with Crippen LogP contribution in [-0.4, -0.2) is 15.0 Å². The molecule has 52 heavy (non-hydrogen) atoms. The number of nitrogens with zero attached hydrogens (tertiary/aromatic N) is 3. The van der Waals surface area contributed by atoms with Crippen molar-refractivity contribution in [2.24, 2.45) is 0 Å². The van der Waals surface area contributed by atoms with Crippen molar-refractivity contribution in [2.75, 3.05) is 0 Å². The summed E-state index contributed by atoms with van der Waals surface area (Å²) in [6.07, 6.45) is 0. The SMILES string of the molecule is c1ccc(-c2nc(-c3ccccc3)nc(-c3ccc(-c4ccc(-c5cc(-c6ccccc6)c6c(c5)-c5cccc7cccc-6c57)cc4)cc3)n2)cc1. The summed E-state index contributed by atoms with van der Waals surface area (Å²) < 4.78 is 0. The van der Waals surface area contributed by atoms with Crippen LogP contribution in [0.25, 0.3) is 101 Å². The third-order valence-electron chi connectivity index (χ3n) is 10.1. The van der Waals surface area contributed by atoms with Crippen molar-refractivity contribution in [2.45, 2.75) is 0 Å². The van der Waals surface area contributed by atoms with E-state index >= 15 is 0 Å². The van der Waals surface area contributed by atoms with E-state index in [1.54, 1.807) is 0 Å². The molecule has 0 fully saturated rings. The highest BCUT2D eigenvalue weighted by Gasteiger charge is 2.25. The number of aromatic nitrogens is 3. The van der Waals surface area contributed by atoms with Gasteiger partial charge in [-0.1, -0.05) is 176 Å². The predicted octanol–water partition coefficient (Wildman–Crippen LogP) is 12.7. The largest absolute Gasteiger partial charge is 0.208 e. The molecule has 8 aromatic carbocycles. The standard InChI is InChI=1S/C49H31N3/c1-4-12-35(13-5-1)43-30-40(31-44-41-20-10-18-36-19-11-21-42(45(36)41)46(43)44)34-24-22-32(23-25-34)33-26-28-39(29-27-33)49-51-47(37-14-6-2-7-15-37)50-48(52-49)38-16-8-3-9-17-38/h1-31H. The van der Waals surface area contributed by atoms with Gasteiger partial charge in [0, 0.05) is 16.7 Å². The molecule has 242 valence electrons. The van der Waals surface area contributed by atoms with Gasteiger partial charge in [0.1, 0.15) is 0 Å². The topological polar surface area (TPSA) is 38.7 Å². The molecule has 0 unspecified atom stereocenters. The van der Waals surface area contributed by atoms with Crippen LogP contribution in [-0.2, 0) is 0 Å². The van der Waals surface area contributed by atoms with Gasteiger partial charge in [-0.05, 0) is 78.5 Å². The fraction of sp³-hybridized carbons (Fsp3) is 0. The maximum atomic E-state index is 4.90. The minimum atomic E-state index is 0.651. The molecule has 1 aliphatic rings. The van der Waals surface area contributed by atoms with Crippen LogP contribution in [0.2, 0.25) is 0 Å². The molecule has 0 aliphatic heterocycles. The van der Waals surface area contributed by atoms with E-state index in [0.717, 1.165) is 27.8 Å². The summed E-state index contributed by atoms with van der Waals surface area (Å²) in [6.45, 7) is 0. The normalized spacial score (nSPS) is 11.5. The van der Waals surface area contributed by atoms with Gasteiger partial charge >= 0.3 is 0 Å². The van der Waals surface area contributed by atoms with Crippen molar-refractivity contribution < 1.29 is 0 Å². The maximum Gasteiger partial charge on any atom is 0.164 e. The van der Waals surface area contributed by atoms with Crippen molar-refractivity contribution in [3.8, 4) is 89.8 Å². The second-order valence-corrected chi connectivity index (χ2v) is 13.2. The fourth-order valence-electron chi connectivity index (χ4n) is 7.54. The Kier molecular flexibility index (Phi) is 7.14. The van der Waals surface area contributed by atoms with Crippen LogP contribution in [0.5, 0.6) is 0 Å². The zero-order valence-electron chi connectivity index (χ0n) is 28.2. The number of hydrogen-bond donors (Lipinski definition) is 0. The Morgan fingerprint density at radius 3 is 1.17 bits per heavy atom. The molecule has 1 aromatic heterocycles. The lowest BCUT2D eigenvalue weighted by molar-refractivity contribution is 1.07. The molecule has 3 nitrogen and oxygen atoms in total. The molecule has 0 radical (unpaired) electrons. The van der Waals surface area contributed by atoms with Crippen molar-refractivity contribution in [1.29, 1.82) is 0 Å². The summed E-state index contributed by atoms with van der Waals surface area (Å²) in [5, 5.41) is 2.63. The van der Waals surface area contributed by atoms with Crippen LogP contribution >= 0.6 is 0 Å². The number of benzene rings is 8. The first-order chi connectivity index (χ1) is 25.8. The smallest absolute Gasteiger partial charge is 0.164 e. The van der Waals surface area contributed by atoms with Gasteiger partial charge in [0.15, 0.2) is 17.5 Å². The predicted molar refractivity (Wildman–Crippen MR) is 214 cm³/mol. The van der Waals surface area contributed by atoms with Gasteiger partial charge in [0.2, 0.25) is 0 Å². The highest BCUT2D eigenvalue weighted by Crippen LogP contribution is 2.52. The summed E-state index contributed by atoms with van der Waals surface area (Å²) in [7, 11) is 0. The molecule has 0 saturated heterocycles. The molecule has 0 spiro atoms. The van der Waals surface area contributed by atoms with Crippen LogP contribution in [0.4, 0.5) is 0 Å². The van der Waals surface area contributed by atoms with Gasteiger partial charge in [-0.3, -0.25) is 0 Å². The Bertz CT molecular complexity index is 2680. The fourth-order valence-corrected chi connectivity index (χ4v) is 7.54. The quantitative estimate of drug-likeness (QED) is 0.178. The monoisotopic (exact) mass is 661 g/mol. The first-order valence-corrected chi connectivity index (χ1v) is 17.6. The van der Waals surface area contributed by atoms with Crippen LogP contribution in [0.1, 0.15) is 0 Å². The first-order valence-electron chi connectivity index (χ1n) is 17.6. The van der Waals surface area contributed by atoms with Crippen LogP contribution < -0.4 is 0 Å². The first kappa shape index (κ1) is 29.9. The lowest BCUT2D eigenvalue weighted by Gasteiger charge is -2.15. The Balaban J connectivity index is 1.00. The van der Waals surface area contributed by atoms with Gasteiger partial charge in [-0.2, -0.15) is 0 Å². The van der Waals surface area contributed by atoms with E-state index < -0.39 is 0 Å². The molecule has 0 bridgehead atoms. The van der Waals surface area contributed by atoms with Gasteiger partial charge < -0.3 is 0 Å². The molecule has 10 rings (SSSR count). The highest BCUT2D eigenvalue weighted by atomic mass is 15.0. The summed E-state index contributed by atoms with van der Waals surface area (Å²) in [5.41, 5.74) is 15.3. The molecule has 1 heterocycles. The van der Waals surface area contributed by atoms with Gasteiger partial charge in [-0.25, -0.2) is 15.0 Å². The van der Waals surface area contributed by atoms with Gasteiger partial charge in [0.05, 0.1) is 0 Å². The van der Waals surface area contributed by atoms with Crippen molar-refractivity contribution >= 4 is 10.8 Å². The molecule has 0 saturated carbocycles. The minimum Gasteiger partial charge on any atom is -0.208 e. The van der Waals surface area contributed by atoms with E-state index in [-0.39, 0.29) is 0 Å². The summed E-state index contributed by atoms with van der Waals surface area (Å²) in [6, 6.07) is 66.5. The molecular weight excluding hydrogens is 631 g/mol. The lowest BCUT2D eigenvalue weighted by atomic mass is 9.89. The zero-order valence-corrected chi connectivity index (χ0v) is 28.2. The van der Waals surface area contributed by atoms with Crippen molar-refractivity contribution in [3.63, 3.8) is 0 Å². The molecule has 9 aromatic rings. The van der Waals surface area contributed by atoms with Crippen LogP contribution in [0.3, 0.4) is 0 Å². The maximum absolute atomic E-state index is 4.90.